The third-order valence-corrected chi connectivity index (χ3v) is 4.08. The highest BCUT2D eigenvalue weighted by Crippen LogP contribution is 2.21. The maximum absolute atomic E-state index is 5.88. The Labute approximate surface area is 137 Å². The van der Waals surface area contributed by atoms with E-state index in [1.165, 1.54) is 5.56 Å². The average Bonchev–Trinajstić information content (AvgIpc) is 3.01. The van der Waals surface area contributed by atoms with Crippen molar-refractivity contribution in [2.24, 2.45) is 5.10 Å². The molecule has 0 atom stereocenters. The first-order valence-electron chi connectivity index (χ1n) is 6.53. The van der Waals surface area contributed by atoms with Gasteiger partial charge in [-0.25, -0.2) is 0 Å². The Bertz CT molecular complexity index is 755. The van der Waals surface area contributed by atoms with Crippen molar-refractivity contribution in [1.29, 1.82) is 0 Å². The Balaban J connectivity index is 1.67. The maximum Gasteiger partial charge on any atom is 0.212 e. The summed E-state index contributed by atoms with van der Waals surface area (Å²) in [6, 6.07) is 11.5. The number of hydrogen-bond acceptors (Lipinski definition) is 5. The first kappa shape index (κ1) is 14.7. The van der Waals surface area contributed by atoms with E-state index in [1.807, 2.05) is 36.4 Å². The molecule has 0 spiro atoms. The topological polar surface area (TPSA) is 56.0 Å². The summed E-state index contributed by atoms with van der Waals surface area (Å²) in [7, 11) is 0. The maximum atomic E-state index is 5.88. The summed E-state index contributed by atoms with van der Waals surface area (Å²) >= 11 is 7.45. The van der Waals surface area contributed by atoms with E-state index < -0.39 is 0 Å². The van der Waals surface area contributed by atoms with Crippen LogP contribution in [0.5, 0.6) is 0 Å². The van der Waals surface area contributed by atoms with Crippen molar-refractivity contribution in [2.75, 3.05) is 0 Å². The van der Waals surface area contributed by atoms with Gasteiger partial charge in [0.05, 0.1) is 6.21 Å². The van der Waals surface area contributed by atoms with Gasteiger partial charge in [-0.3, -0.25) is 4.98 Å². The molecule has 0 amide bonds. The van der Waals surface area contributed by atoms with Crippen molar-refractivity contribution in [2.45, 2.75) is 10.9 Å². The number of rotatable bonds is 5. The molecule has 0 aliphatic heterocycles. The van der Waals surface area contributed by atoms with Crippen molar-refractivity contribution in [3.8, 4) is 0 Å². The van der Waals surface area contributed by atoms with Crippen molar-refractivity contribution >= 4 is 29.6 Å². The Hall–Kier alpha value is -2.18. The normalized spacial score (nSPS) is 11.1. The molecule has 0 saturated heterocycles. The van der Waals surface area contributed by atoms with E-state index in [2.05, 4.69) is 20.3 Å². The second-order valence-electron chi connectivity index (χ2n) is 4.40. The van der Waals surface area contributed by atoms with Crippen LogP contribution in [-0.4, -0.2) is 26.1 Å². The Morgan fingerprint density at radius 3 is 2.68 bits per heavy atom. The molecule has 2 heterocycles. The smallest absolute Gasteiger partial charge is 0.212 e. The number of pyridine rings is 1. The first-order chi connectivity index (χ1) is 10.8. The summed E-state index contributed by atoms with van der Waals surface area (Å²) < 4.78 is 1.65. The van der Waals surface area contributed by atoms with Crippen molar-refractivity contribution in [1.82, 2.24) is 19.9 Å². The molecule has 0 fully saturated rings. The third-order valence-electron chi connectivity index (χ3n) is 2.82. The second-order valence-corrected chi connectivity index (χ2v) is 5.78. The summed E-state index contributed by atoms with van der Waals surface area (Å²) in [5.41, 5.74) is 2.14. The summed E-state index contributed by atoms with van der Waals surface area (Å²) in [6.45, 7) is 0. The standard InChI is InChI=1S/C15H12ClN5S/c16-14-3-1-13(2-4-14)10-22-15-20-18-11-21(15)19-9-12-5-7-17-8-6-12/h1-9,11H,10H2/b19-9+. The Morgan fingerprint density at radius 2 is 1.91 bits per heavy atom. The van der Waals surface area contributed by atoms with E-state index in [1.54, 1.807) is 41.4 Å². The molecule has 2 aromatic heterocycles. The number of nitrogens with zero attached hydrogens (tertiary/aromatic N) is 5. The van der Waals surface area contributed by atoms with Gasteiger partial charge in [0, 0.05) is 23.2 Å². The minimum Gasteiger partial charge on any atom is -0.265 e. The lowest BCUT2D eigenvalue weighted by atomic mass is 10.2. The molecule has 110 valence electrons. The van der Waals surface area contributed by atoms with E-state index >= 15 is 0 Å². The van der Waals surface area contributed by atoms with Gasteiger partial charge in [0.2, 0.25) is 5.16 Å². The molecule has 0 saturated carbocycles. The second kappa shape index (κ2) is 7.20. The summed E-state index contributed by atoms with van der Waals surface area (Å²) in [5.74, 6) is 0.778. The average molecular weight is 330 g/mol. The molecule has 0 aliphatic carbocycles. The van der Waals surface area contributed by atoms with Gasteiger partial charge in [0.15, 0.2) is 0 Å². The van der Waals surface area contributed by atoms with E-state index in [9.17, 15) is 0 Å². The number of thioether (sulfide) groups is 1. The van der Waals surface area contributed by atoms with Gasteiger partial charge in [-0.05, 0) is 35.4 Å². The zero-order valence-corrected chi connectivity index (χ0v) is 13.1. The fourth-order valence-corrected chi connectivity index (χ4v) is 2.65. The number of aromatic nitrogens is 4. The van der Waals surface area contributed by atoms with Crippen molar-refractivity contribution in [3.63, 3.8) is 0 Å². The molecule has 0 N–H and O–H groups in total. The van der Waals surface area contributed by atoms with Gasteiger partial charge < -0.3 is 0 Å². The summed E-state index contributed by atoms with van der Waals surface area (Å²) in [5, 5.41) is 13.8. The third kappa shape index (κ3) is 3.93. The predicted octanol–water partition coefficient (Wildman–Crippen LogP) is 3.50. The van der Waals surface area contributed by atoms with Gasteiger partial charge in [-0.1, -0.05) is 35.5 Å². The highest BCUT2D eigenvalue weighted by atomic mass is 35.5. The van der Waals surface area contributed by atoms with Crippen molar-refractivity contribution < 1.29 is 0 Å². The van der Waals surface area contributed by atoms with Crippen LogP contribution in [0.1, 0.15) is 11.1 Å². The van der Waals surface area contributed by atoms with Gasteiger partial charge in [-0.2, -0.15) is 9.78 Å². The highest BCUT2D eigenvalue weighted by molar-refractivity contribution is 7.98. The van der Waals surface area contributed by atoms with E-state index in [0.717, 1.165) is 21.5 Å². The Morgan fingerprint density at radius 1 is 1.14 bits per heavy atom. The minimum absolute atomic E-state index is 0.735. The fourth-order valence-electron chi connectivity index (χ4n) is 1.70. The quantitative estimate of drug-likeness (QED) is 0.531. The number of benzene rings is 1. The molecule has 3 aromatic rings. The molecule has 3 rings (SSSR count). The first-order valence-corrected chi connectivity index (χ1v) is 7.89. The minimum atomic E-state index is 0.735. The van der Waals surface area contributed by atoms with Gasteiger partial charge in [0.25, 0.3) is 0 Å². The zero-order valence-electron chi connectivity index (χ0n) is 11.5. The molecule has 0 unspecified atom stereocenters. The van der Waals surface area contributed by atoms with Crippen molar-refractivity contribution in [3.05, 3.63) is 71.3 Å². The molecule has 0 aliphatic rings. The lowest BCUT2D eigenvalue weighted by molar-refractivity contribution is 0.767. The molecular formula is C15H12ClN5S. The lowest BCUT2D eigenvalue weighted by Crippen LogP contribution is -1.92. The molecular weight excluding hydrogens is 318 g/mol. The monoisotopic (exact) mass is 329 g/mol. The Kier molecular flexibility index (Phi) is 4.82. The van der Waals surface area contributed by atoms with Crippen LogP contribution < -0.4 is 0 Å². The largest absolute Gasteiger partial charge is 0.265 e. The summed E-state index contributed by atoms with van der Waals surface area (Å²) in [4.78, 5) is 3.97. The highest BCUT2D eigenvalue weighted by Gasteiger charge is 2.04. The van der Waals surface area contributed by atoms with Gasteiger partial charge in [0.1, 0.15) is 6.33 Å². The molecule has 1 aromatic carbocycles. The van der Waals surface area contributed by atoms with E-state index in [4.69, 9.17) is 11.6 Å². The number of halogens is 1. The van der Waals surface area contributed by atoms with Crippen LogP contribution in [0, 0.1) is 0 Å². The van der Waals surface area contributed by atoms with Crippen LogP contribution in [0.3, 0.4) is 0 Å². The lowest BCUT2D eigenvalue weighted by Gasteiger charge is -2.01. The molecule has 22 heavy (non-hydrogen) atoms. The van der Waals surface area contributed by atoms with Crippen LogP contribution in [0.25, 0.3) is 0 Å². The molecule has 0 radical (unpaired) electrons. The van der Waals surface area contributed by atoms with Crippen LogP contribution in [0.4, 0.5) is 0 Å². The molecule has 5 nitrogen and oxygen atoms in total. The molecule has 7 heteroatoms. The van der Waals surface area contributed by atoms with E-state index in [0.29, 0.717) is 0 Å². The van der Waals surface area contributed by atoms with E-state index in [-0.39, 0.29) is 0 Å². The fraction of sp³-hybridized carbons (Fsp3) is 0.0667. The van der Waals surface area contributed by atoms with Crippen LogP contribution in [0.15, 0.2) is 65.4 Å². The SMILES string of the molecule is Clc1ccc(CSc2nncn2/N=C/c2ccncc2)cc1. The van der Waals surface area contributed by atoms with Gasteiger partial charge >= 0.3 is 0 Å². The molecule has 0 bridgehead atoms. The van der Waals surface area contributed by atoms with Crippen LogP contribution >= 0.6 is 23.4 Å². The summed E-state index contributed by atoms with van der Waals surface area (Å²) in [6.07, 6.45) is 6.78. The predicted molar refractivity (Wildman–Crippen MR) is 88.3 cm³/mol. The zero-order chi connectivity index (χ0) is 15.2. The van der Waals surface area contributed by atoms with Crippen LogP contribution in [0.2, 0.25) is 5.02 Å². The van der Waals surface area contributed by atoms with Gasteiger partial charge in [-0.15, -0.1) is 10.2 Å². The van der Waals surface area contributed by atoms with Crippen LogP contribution in [-0.2, 0) is 5.75 Å². The number of hydrogen-bond donors (Lipinski definition) is 0.